The number of benzene rings is 2. The molecule has 0 spiro atoms. The van der Waals surface area contributed by atoms with Gasteiger partial charge in [-0.25, -0.2) is 9.78 Å². The average Bonchev–Trinajstić information content (AvgIpc) is 2.69. The van der Waals surface area contributed by atoms with Gasteiger partial charge in [-0.2, -0.15) is 18.4 Å². The first-order chi connectivity index (χ1) is 14.3. The van der Waals surface area contributed by atoms with E-state index in [1.807, 2.05) is 6.07 Å². The Balaban J connectivity index is 1.72. The van der Waals surface area contributed by atoms with Crippen LogP contribution in [0.25, 0.3) is 0 Å². The third kappa shape index (κ3) is 5.30. The van der Waals surface area contributed by atoms with E-state index >= 15 is 0 Å². The summed E-state index contributed by atoms with van der Waals surface area (Å²) < 4.78 is 49.9. The van der Waals surface area contributed by atoms with Crippen molar-refractivity contribution in [3.63, 3.8) is 0 Å². The summed E-state index contributed by atoms with van der Waals surface area (Å²) in [5, 5.41) is 8.93. The van der Waals surface area contributed by atoms with E-state index in [9.17, 15) is 23.2 Å². The molecule has 3 rings (SSSR count). The van der Waals surface area contributed by atoms with Crippen molar-refractivity contribution in [2.45, 2.75) is 12.6 Å². The number of halogens is 4. The highest BCUT2D eigenvalue weighted by atomic mass is 35.5. The van der Waals surface area contributed by atoms with Gasteiger partial charge in [-0.3, -0.25) is 4.98 Å². The maximum absolute atomic E-state index is 13.0. The number of aromatic nitrogens is 2. The molecule has 3 aromatic rings. The Labute approximate surface area is 173 Å². The summed E-state index contributed by atoms with van der Waals surface area (Å²) in [5.41, 5.74) is -0.671. The Morgan fingerprint density at radius 3 is 2.67 bits per heavy atom. The van der Waals surface area contributed by atoms with Crippen LogP contribution in [0.4, 0.5) is 13.2 Å². The maximum Gasteiger partial charge on any atom is 0.417 e. The van der Waals surface area contributed by atoms with Gasteiger partial charge in [-0.05, 0) is 35.9 Å². The molecule has 0 unspecified atom stereocenters. The van der Waals surface area contributed by atoms with Gasteiger partial charge >= 0.3 is 11.9 Å². The van der Waals surface area contributed by atoms with Gasteiger partial charge in [0.15, 0.2) is 5.88 Å². The number of H-pyrrole nitrogens is 1. The molecule has 154 valence electrons. The largest absolute Gasteiger partial charge is 0.478 e. The standard InChI is InChI=1S/C20H13ClF3N3O3/c21-16-3-2-14(10-15(16)20(22,23)24)30-17-4-1-12(9-13(17)11-25)6-8-29-18-5-7-26-19(28)27-18/h1-5,7,9-10H,6,8H2,(H,26,27,28). The minimum absolute atomic E-state index is 0.0963. The molecule has 0 bridgehead atoms. The Morgan fingerprint density at radius 2 is 1.97 bits per heavy atom. The third-order valence-corrected chi connectivity index (χ3v) is 4.26. The molecule has 0 saturated carbocycles. The highest BCUT2D eigenvalue weighted by Gasteiger charge is 2.33. The number of nitrogens with one attached hydrogen (secondary N) is 1. The van der Waals surface area contributed by atoms with Crippen LogP contribution < -0.4 is 15.2 Å². The van der Waals surface area contributed by atoms with Crippen molar-refractivity contribution in [3.8, 4) is 23.4 Å². The third-order valence-electron chi connectivity index (χ3n) is 3.93. The lowest BCUT2D eigenvalue weighted by molar-refractivity contribution is -0.137. The lowest BCUT2D eigenvalue weighted by Crippen LogP contribution is -2.11. The first kappa shape index (κ1) is 21.2. The van der Waals surface area contributed by atoms with Gasteiger partial charge in [0.1, 0.15) is 17.6 Å². The highest BCUT2D eigenvalue weighted by molar-refractivity contribution is 6.31. The van der Waals surface area contributed by atoms with Crippen LogP contribution in [-0.4, -0.2) is 16.6 Å². The van der Waals surface area contributed by atoms with E-state index in [2.05, 4.69) is 9.97 Å². The lowest BCUT2D eigenvalue weighted by Gasteiger charge is -2.13. The zero-order valence-corrected chi connectivity index (χ0v) is 15.9. The van der Waals surface area contributed by atoms with Crippen LogP contribution in [0.3, 0.4) is 0 Å². The molecule has 30 heavy (non-hydrogen) atoms. The number of alkyl halides is 3. The molecule has 1 aromatic heterocycles. The fourth-order valence-corrected chi connectivity index (χ4v) is 2.76. The van der Waals surface area contributed by atoms with Crippen molar-refractivity contribution in [3.05, 3.63) is 80.9 Å². The van der Waals surface area contributed by atoms with E-state index in [-0.39, 0.29) is 29.5 Å². The van der Waals surface area contributed by atoms with Gasteiger partial charge in [0.2, 0.25) is 0 Å². The van der Waals surface area contributed by atoms with Crippen LogP contribution in [0.5, 0.6) is 17.4 Å². The van der Waals surface area contributed by atoms with Crippen LogP contribution in [0.2, 0.25) is 5.02 Å². The Hall–Kier alpha value is -3.51. The summed E-state index contributed by atoms with van der Waals surface area (Å²) in [7, 11) is 0. The molecule has 0 fully saturated rings. The Kier molecular flexibility index (Phi) is 6.28. The minimum Gasteiger partial charge on any atom is -0.478 e. The van der Waals surface area contributed by atoms with Gasteiger partial charge in [-0.1, -0.05) is 17.7 Å². The maximum atomic E-state index is 13.0. The van der Waals surface area contributed by atoms with E-state index in [0.29, 0.717) is 6.42 Å². The molecule has 2 aromatic carbocycles. The number of nitrogens with zero attached hydrogens (tertiary/aromatic N) is 2. The van der Waals surface area contributed by atoms with Gasteiger partial charge in [0.05, 0.1) is 22.8 Å². The van der Waals surface area contributed by atoms with Crippen LogP contribution in [0.1, 0.15) is 16.7 Å². The summed E-state index contributed by atoms with van der Waals surface area (Å²) in [6.45, 7) is 0.219. The molecule has 1 heterocycles. The normalized spacial score (nSPS) is 11.0. The zero-order chi connectivity index (χ0) is 21.7. The lowest BCUT2D eigenvalue weighted by atomic mass is 10.1. The van der Waals surface area contributed by atoms with E-state index in [1.54, 1.807) is 12.1 Å². The second-order valence-corrected chi connectivity index (χ2v) is 6.43. The summed E-state index contributed by atoms with van der Waals surface area (Å²) in [6, 6.07) is 11.3. The number of rotatable bonds is 6. The van der Waals surface area contributed by atoms with Crippen LogP contribution in [-0.2, 0) is 12.6 Å². The van der Waals surface area contributed by atoms with Gasteiger partial charge in [0.25, 0.3) is 0 Å². The molecule has 0 saturated heterocycles. The molecule has 10 heteroatoms. The van der Waals surface area contributed by atoms with Crippen LogP contribution in [0.15, 0.2) is 53.5 Å². The highest BCUT2D eigenvalue weighted by Crippen LogP contribution is 2.38. The van der Waals surface area contributed by atoms with E-state index < -0.39 is 22.5 Å². The smallest absolute Gasteiger partial charge is 0.417 e. The van der Waals surface area contributed by atoms with Crippen LogP contribution >= 0.6 is 11.6 Å². The number of ether oxygens (including phenoxy) is 2. The molecule has 0 amide bonds. The monoisotopic (exact) mass is 435 g/mol. The molecule has 1 N–H and O–H groups in total. The predicted octanol–water partition coefficient (Wildman–Crippen LogP) is 4.73. The van der Waals surface area contributed by atoms with Crippen molar-refractivity contribution < 1.29 is 22.6 Å². The molecule has 0 aliphatic rings. The summed E-state index contributed by atoms with van der Waals surface area (Å²) in [5.74, 6) is 0.274. The number of hydrogen-bond acceptors (Lipinski definition) is 5. The summed E-state index contributed by atoms with van der Waals surface area (Å²) >= 11 is 5.60. The van der Waals surface area contributed by atoms with Crippen molar-refractivity contribution in [2.24, 2.45) is 0 Å². The molecule has 0 radical (unpaired) electrons. The van der Waals surface area contributed by atoms with Crippen molar-refractivity contribution >= 4 is 11.6 Å². The fraction of sp³-hybridized carbons (Fsp3) is 0.150. The molecule has 6 nitrogen and oxygen atoms in total. The van der Waals surface area contributed by atoms with Crippen molar-refractivity contribution in [1.29, 1.82) is 5.26 Å². The number of hydrogen-bond donors (Lipinski definition) is 1. The topological polar surface area (TPSA) is 88.0 Å². The molecule has 0 aliphatic heterocycles. The van der Waals surface area contributed by atoms with Crippen molar-refractivity contribution in [1.82, 2.24) is 9.97 Å². The van der Waals surface area contributed by atoms with E-state index in [4.69, 9.17) is 21.1 Å². The quantitative estimate of drug-likeness (QED) is 0.605. The van der Waals surface area contributed by atoms with E-state index in [0.717, 1.165) is 17.7 Å². The second kappa shape index (κ2) is 8.88. The first-order valence-electron chi connectivity index (χ1n) is 8.52. The first-order valence-corrected chi connectivity index (χ1v) is 8.90. The predicted molar refractivity (Wildman–Crippen MR) is 102 cm³/mol. The Morgan fingerprint density at radius 1 is 1.17 bits per heavy atom. The SMILES string of the molecule is N#Cc1cc(CCOc2ccnc(=O)[nH]2)ccc1Oc1ccc(Cl)c(C(F)(F)F)c1. The molecule has 0 aliphatic carbocycles. The van der Waals surface area contributed by atoms with Gasteiger partial charge in [0, 0.05) is 18.7 Å². The van der Waals surface area contributed by atoms with Crippen LogP contribution in [0, 0.1) is 11.3 Å². The Bertz CT molecular complexity index is 1160. The molecular weight excluding hydrogens is 423 g/mol. The van der Waals surface area contributed by atoms with Gasteiger partial charge in [-0.15, -0.1) is 0 Å². The summed E-state index contributed by atoms with van der Waals surface area (Å²) in [4.78, 5) is 17.0. The number of nitriles is 1. The van der Waals surface area contributed by atoms with E-state index in [1.165, 1.54) is 24.4 Å². The van der Waals surface area contributed by atoms with Gasteiger partial charge < -0.3 is 9.47 Å². The van der Waals surface area contributed by atoms with Crippen molar-refractivity contribution in [2.75, 3.05) is 6.61 Å². The minimum atomic E-state index is -4.63. The molecular formula is C20H13ClF3N3O3. The second-order valence-electron chi connectivity index (χ2n) is 6.02. The number of aromatic amines is 1. The fourth-order valence-electron chi connectivity index (χ4n) is 2.54. The average molecular weight is 436 g/mol. The zero-order valence-electron chi connectivity index (χ0n) is 15.2. The molecule has 0 atom stereocenters. The summed E-state index contributed by atoms with van der Waals surface area (Å²) in [6.07, 6.45) is -2.90.